The minimum absolute atomic E-state index is 0.964. The summed E-state index contributed by atoms with van der Waals surface area (Å²) in [5.41, 5.74) is 5.71. The van der Waals surface area contributed by atoms with Gasteiger partial charge in [-0.1, -0.05) is 49.2 Å². The molecule has 2 aromatic rings. The van der Waals surface area contributed by atoms with Gasteiger partial charge in [-0.3, -0.25) is 0 Å². The first-order valence-electron chi connectivity index (χ1n) is 7.40. The Morgan fingerprint density at radius 2 is 1.78 bits per heavy atom. The fourth-order valence-electron chi connectivity index (χ4n) is 2.62. The van der Waals surface area contributed by atoms with Gasteiger partial charge >= 0.3 is 0 Å². The van der Waals surface area contributed by atoms with Crippen LogP contribution in [0.3, 0.4) is 0 Å². The van der Waals surface area contributed by atoms with E-state index >= 15 is 0 Å². The Balaban J connectivity index is 2.00. The quantitative estimate of drug-likeness (QED) is 0.653. The topological polar surface area (TPSA) is 3.24 Å². The molecule has 1 saturated heterocycles. The van der Waals surface area contributed by atoms with Crippen molar-refractivity contribution in [2.24, 2.45) is 0 Å². The number of thioether (sulfide) groups is 1. The lowest BCUT2D eigenvalue weighted by atomic mass is 10.1. The van der Waals surface area contributed by atoms with Crippen LogP contribution in [0.2, 0.25) is 0 Å². The summed E-state index contributed by atoms with van der Waals surface area (Å²) < 4.78 is 0. The van der Waals surface area contributed by atoms with Gasteiger partial charge in [-0.25, -0.2) is 0 Å². The van der Waals surface area contributed by atoms with Crippen LogP contribution in [0, 0.1) is 13.8 Å². The van der Waals surface area contributed by atoms with Gasteiger partial charge in [-0.15, -0.1) is 12.6 Å². The molecule has 0 aromatic heterocycles. The van der Waals surface area contributed by atoms with Crippen LogP contribution >= 0.6 is 24.4 Å². The van der Waals surface area contributed by atoms with E-state index < -0.39 is 0 Å². The summed E-state index contributed by atoms with van der Waals surface area (Å²) in [5, 5.41) is 0.982. The van der Waals surface area contributed by atoms with Crippen LogP contribution in [-0.2, 0) is 0 Å². The van der Waals surface area contributed by atoms with Gasteiger partial charge in [0.05, 0.1) is 10.7 Å². The van der Waals surface area contributed by atoms with Gasteiger partial charge in [0.1, 0.15) is 0 Å². The van der Waals surface area contributed by atoms with E-state index in [4.69, 9.17) is 0 Å². The molecule has 1 fully saturated rings. The number of thiol groups is 1. The molecule has 3 heteroatoms. The highest BCUT2D eigenvalue weighted by Gasteiger charge is 2.27. The predicted octanol–water partition coefficient (Wildman–Crippen LogP) is 6.17. The van der Waals surface area contributed by atoms with E-state index in [1.807, 2.05) is 18.2 Å². The van der Waals surface area contributed by atoms with Gasteiger partial charge in [0.15, 0.2) is 0 Å². The molecule has 1 nitrogen and oxygen atoms in total. The first-order valence-corrected chi connectivity index (χ1v) is 8.67. The lowest BCUT2D eigenvalue weighted by Gasteiger charge is -2.21. The van der Waals surface area contributed by atoms with Gasteiger partial charge in [-0.05, 0) is 54.8 Å². The van der Waals surface area contributed by atoms with Crippen molar-refractivity contribution >= 4 is 36.2 Å². The maximum Gasteiger partial charge on any atom is 0.0774 e. The van der Waals surface area contributed by atoms with Gasteiger partial charge in [-0.2, -0.15) is 0 Å². The Morgan fingerprint density at radius 3 is 2.52 bits per heavy atom. The van der Waals surface area contributed by atoms with Gasteiger partial charge in [0.25, 0.3) is 0 Å². The third kappa shape index (κ3) is 3.12. The zero-order valence-electron chi connectivity index (χ0n) is 13.3. The van der Waals surface area contributed by atoms with Crippen LogP contribution < -0.4 is 4.90 Å². The van der Waals surface area contributed by atoms with Crippen molar-refractivity contribution in [3.8, 4) is 0 Å². The minimum atomic E-state index is 0.964. The summed E-state index contributed by atoms with van der Waals surface area (Å²) in [5.74, 6) is 0. The molecule has 0 saturated carbocycles. The molecule has 3 rings (SSSR count). The lowest BCUT2D eigenvalue weighted by Crippen LogP contribution is -2.14. The molecule has 0 N–H and O–H groups in total. The second kappa shape index (κ2) is 6.34. The average Bonchev–Trinajstić information content (AvgIpc) is 2.78. The van der Waals surface area contributed by atoms with Crippen molar-refractivity contribution in [1.82, 2.24) is 0 Å². The fourth-order valence-corrected chi connectivity index (χ4v) is 3.79. The van der Waals surface area contributed by atoms with E-state index in [2.05, 4.69) is 74.9 Å². The molecule has 1 aliphatic heterocycles. The van der Waals surface area contributed by atoms with Crippen molar-refractivity contribution in [3.63, 3.8) is 0 Å². The molecule has 1 aliphatic rings. The van der Waals surface area contributed by atoms with E-state index in [0.717, 1.165) is 26.2 Å². The number of hydrogen-bond acceptors (Lipinski definition) is 3. The standard InChI is InChI=1S/C20H19NS2/c1-13-9-10-18(22)11-17(13)12-20-15(3)21(16(4)23-20)19-8-6-5-7-14(19)2/h5-12,22H,3-4H2,1-2H3/b20-12-. The van der Waals surface area contributed by atoms with E-state index in [-0.39, 0.29) is 0 Å². The van der Waals surface area contributed by atoms with E-state index in [1.54, 1.807) is 11.8 Å². The summed E-state index contributed by atoms with van der Waals surface area (Å²) >= 11 is 6.10. The Bertz CT molecular complexity index is 833. The minimum Gasteiger partial charge on any atom is -0.304 e. The fraction of sp³-hybridized carbons (Fsp3) is 0.100. The van der Waals surface area contributed by atoms with Crippen LogP contribution in [0.4, 0.5) is 5.69 Å². The summed E-state index contributed by atoms with van der Waals surface area (Å²) in [6.07, 6.45) is 2.17. The highest BCUT2D eigenvalue weighted by Crippen LogP contribution is 2.47. The second-order valence-electron chi connectivity index (χ2n) is 5.61. The van der Waals surface area contributed by atoms with Crippen LogP contribution in [0.25, 0.3) is 6.08 Å². The maximum absolute atomic E-state index is 4.44. The Hall–Kier alpha value is -1.84. The maximum atomic E-state index is 4.44. The highest BCUT2D eigenvalue weighted by atomic mass is 32.2. The predicted molar refractivity (Wildman–Crippen MR) is 106 cm³/mol. The normalized spacial score (nSPS) is 16.5. The van der Waals surface area contributed by atoms with Crippen LogP contribution in [-0.4, -0.2) is 0 Å². The van der Waals surface area contributed by atoms with Gasteiger partial charge in [0.2, 0.25) is 0 Å². The number of aryl methyl sites for hydroxylation is 2. The zero-order valence-corrected chi connectivity index (χ0v) is 15.0. The van der Waals surface area contributed by atoms with Crippen molar-refractivity contribution in [2.75, 3.05) is 4.90 Å². The van der Waals surface area contributed by atoms with Crippen LogP contribution in [0.5, 0.6) is 0 Å². The first-order chi connectivity index (χ1) is 11.0. The molecule has 0 spiro atoms. The van der Waals surface area contributed by atoms with Crippen molar-refractivity contribution in [3.05, 3.63) is 87.9 Å². The molecular formula is C20H19NS2. The number of hydrogen-bond donors (Lipinski definition) is 1. The molecule has 23 heavy (non-hydrogen) atoms. The van der Waals surface area contributed by atoms with Crippen LogP contribution in [0.15, 0.2) is 76.1 Å². The molecule has 0 bridgehead atoms. The second-order valence-corrected chi connectivity index (χ2v) is 7.25. The van der Waals surface area contributed by atoms with Crippen LogP contribution in [0.1, 0.15) is 16.7 Å². The number of anilines is 1. The molecule has 0 atom stereocenters. The molecule has 2 aromatic carbocycles. The number of benzene rings is 2. The zero-order chi connectivity index (χ0) is 16.6. The lowest BCUT2D eigenvalue weighted by molar-refractivity contribution is 1.19. The summed E-state index contributed by atoms with van der Waals surface area (Å²) in [6.45, 7) is 12.7. The largest absolute Gasteiger partial charge is 0.304 e. The summed E-state index contributed by atoms with van der Waals surface area (Å²) in [6, 6.07) is 14.5. The molecule has 116 valence electrons. The van der Waals surface area contributed by atoms with Crippen molar-refractivity contribution in [2.45, 2.75) is 18.7 Å². The molecule has 0 amide bonds. The van der Waals surface area contributed by atoms with E-state index in [1.165, 1.54) is 16.7 Å². The third-order valence-corrected chi connectivity index (χ3v) is 5.21. The van der Waals surface area contributed by atoms with E-state index in [0.29, 0.717) is 0 Å². The number of para-hydroxylation sites is 1. The third-order valence-electron chi connectivity index (χ3n) is 3.94. The van der Waals surface area contributed by atoms with Crippen molar-refractivity contribution in [1.29, 1.82) is 0 Å². The number of nitrogens with zero attached hydrogens (tertiary/aromatic N) is 1. The van der Waals surface area contributed by atoms with Crippen molar-refractivity contribution < 1.29 is 0 Å². The Labute approximate surface area is 147 Å². The molecule has 0 aliphatic carbocycles. The monoisotopic (exact) mass is 337 g/mol. The first kappa shape index (κ1) is 16.0. The Kier molecular flexibility index (Phi) is 4.42. The highest BCUT2D eigenvalue weighted by molar-refractivity contribution is 8.07. The molecule has 0 radical (unpaired) electrons. The summed E-state index contributed by atoms with van der Waals surface area (Å²) in [4.78, 5) is 4.22. The average molecular weight is 338 g/mol. The molecule has 1 heterocycles. The Morgan fingerprint density at radius 1 is 1.04 bits per heavy atom. The van der Waals surface area contributed by atoms with Gasteiger partial charge < -0.3 is 4.90 Å². The smallest absolute Gasteiger partial charge is 0.0774 e. The van der Waals surface area contributed by atoms with E-state index in [9.17, 15) is 0 Å². The molecular weight excluding hydrogens is 318 g/mol. The summed E-state index contributed by atoms with van der Waals surface area (Å²) in [7, 11) is 0. The number of rotatable bonds is 2. The van der Waals surface area contributed by atoms with Gasteiger partial charge in [0, 0.05) is 15.5 Å². The molecule has 0 unspecified atom stereocenters. The SMILES string of the molecule is C=C1S/C(=C\c2cc(S)ccc2C)C(=C)N1c1ccccc1C.